The van der Waals surface area contributed by atoms with Crippen molar-refractivity contribution in [2.24, 2.45) is 4.99 Å². The van der Waals surface area contributed by atoms with Crippen LogP contribution in [-0.4, -0.2) is 31.6 Å². The lowest BCUT2D eigenvalue weighted by molar-refractivity contribution is -0.107. The summed E-state index contributed by atoms with van der Waals surface area (Å²) in [6, 6.07) is 0. The summed E-state index contributed by atoms with van der Waals surface area (Å²) in [4.78, 5) is 14.2. The molecule has 1 N–H and O–H groups in total. The highest BCUT2D eigenvalue weighted by molar-refractivity contribution is 5.97. The van der Waals surface area contributed by atoms with E-state index in [1.165, 1.54) is 0 Å². The molecule has 1 heterocycles. The molecule has 74 valence electrons. The van der Waals surface area contributed by atoms with Crippen molar-refractivity contribution in [1.29, 1.82) is 0 Å². The Balaban J connectivity index is 0.000000671. The third kappa shape index (κ3) is 6.22. The highest BCUT2D eigenvalue weighted by atomic mass is 16.1. The van der Waals surface area contributed by atoms with Crippen LogP contribution in [0.5, 0.6) is 0 Å². The highest BCUT2D eigenvalue weighted by Crippen LogP contribution is 1.94. The van der Waals surface area contributed by atoms with Crippen molar-refractivity contribution < 1.29 is 4.79 Å². The molecule has 1 aliphatic rings. The van der Waals surface area contributed by atoms with E-state index >= 15 is 0 Å². The van der Waals surface area contributed by atoms with Gasteiger partial charge in [0.2, 0.25) is 0 Å². The van der Waals surface area contributed by atoms with Gasteiger partial charge in [0, 0.05) is 18.8 Å². The van der Waals surface area contributed by atoms with Crippen molar-refractivity contribution in [2.45, 2.75) is 20.3 Å². The zero-order valence-corrected chi connectivity index (χ0v) is 8.42. The van der Waals surface area contributed by atoms with E-state index in [0.717, 1.165) is 25.0 Å². The van der Waals surface area contributed by atoms with Gasteiger partial charge < -0.3 is 10.1 Å². The summed E-state index contributed by atoms with van der Waals surface area (Å²) in [5.74, 6) is 0. The standard InChI is InChI=1S/C8H12N2O.C2H6/c11-6-5-9-7-8-3-1-2-4-10-8;1-2/h1,3,6,9H,2,4-5,7H2;1-2H3. The summed E-state index contributed by atoms with van der Waals surface area (Å²) in [6.45, 7) is 6.00. The molecule has 0 saturated carbocycles. The molecule has 0 unspecified atom stereocenters. The molecule has 0 aromatic carbocycles. The average Bonchev–Trinajstić information content (AvgIpc) is 2.23. The highest BCUT2D eigenvalue weighted by Gasteiger charge is 1.96. The van der Waals surface area contributed by atoms with Gasteiger partial charge in [0.05, 0.1) is 6.54 Å². The lowest BCUT2D eigenvalue weighted by Crippen LogP contribution is -2.24. The average molecular weight is 182 g/mol. The van der Waals surface area contributed by atoms with Gasteiger partial charge in [-0.1, -0.05) is 19.9 Å². The van der Waals surface area contributed by atoms with E-state index in [-0.39, 0.29) is 0 Å². The van der Waals surface area contributed by atoms with Crippen LogP contribution >= 0.6 is 0 Å². The topological polar surface area (TPSA) is 41.5 Å². The van der Waals surface area contributed by atoms with Crippen LogP contribution in [0.25, 0.3) is 0 Å². The van der Waals surface area contributed by atoms with Gasteiger partial charge in [0.1, 0.15) is 6.29 Å². The summed E-state index contributed by atoms with van der Waals surface area (Å²) in [6.07, 6.45) is 6.00. The number of dihydropyridines is 1. The van der Waals surface area contributed by atoms with Gasteiger partial charge in [-0.2, -0.15) is 0 Å². The third-order valence-electron chi connectivity index (χ3n) is 1.45. The van der Waals surface area contributed by atoms with E-state index in [0.29, 0.717) is 13.1 Å². The number of aliphatic imine (C=N–C) groups is 1. The number of hydrogen-bond donors (Lipinski definition) is 1. The zero-order valence-electron chi connectivity index (χ0n) is 8.42. The second-order valence-corrected chi connectivity index (χ2v) is 2.36. The number of carbonyl (C=O) groups is 1. The van der Waals surface area contributed by atoms with E-state index in [1.807, 2.05) is 19.9 Å². The Morgan fingerprint density at radius 1 is 1.62 bits per heavy atom. The summed E-state index contributed by atoms with van der Waals surface area (Å²) >= 11 is 0. The Labute approximate surface area is 79.9 Å². The first-order valence-electron chi connectivity index (χ1n) is 4.77. The first kappa shape index (κ1) is 12.0. The summed E-state index contributed by atoms with van der Waals surface area (Å²) < 4.78 is 0. The molecule has 0 amide bonds. The molecular formula is C10H18N2O. The van der Waals surface area contributed by atoms with Gasteiger partial charge in [-0.3, -0.25) is 4.99 Å². The second kappa shape index (κ2) is 9.13. The van der Waals surface area contributed by atoms with Crippen LogP contribution in [0, 0.1) is 0 Å². The molecule has 3 heteroatoms. The number of aldehydes is 1. The minimum atomic E-state index is 0.410. The molecule has 0 spiro atoms. The quantitative estimate of drug-likeness (QED) is 0.524. The molecule has 3 nitrogen and oxygen atoms in total. The lowest BCUT2D eigenvalue weighted by atomic mass is 10.2. The van der Waals surface area contributed by atoms with Crippen LogP contribution in [0.1, 0.15) is 20.3 Å². The lowest BCUT2D eigenvalue weighted by Gasteiger charge is -2.04. The van der Waals surface area contributed by atoms with Gasteiger partial charge in [-0.25, -0.2) is 0 Å². The molecule has 1 aliphatic heterocycles. The van der Waals surface area contributed by atoms with Crippen LogP contribution < -0.4 is 5.32 Å². The molecule has 0 atom stereocenters. The molecule has 13 heavy (non-hydrogen) atoms. The Hall–Kier alpha value is -0.960. The Morgan fingerprint density at radius 3 is 2.92 bits per heavy atom. The van der Waals surface area contributed by atoms with Crippen molar-refractivity contribution in [1.82, 2.24) is 5.32 Å². The van der Waals surface area contributed by atoms with Crippen molar-refractivity contribution in [3.63, 3.8) is 0 Å². The summed E-state index contributed by atoms with van der Waals surface area (Å²) in [7, 11) is 0. The number of hydrogen-bond acceptors (Lipinski definition) is 3. The van der Waals surface area contributed by atoms with E-state index in [1.54, 1.807) is 0 Å². The smallest absolute Gasteiger partial charge is 0.133 e. The molecule has 0 radical (unpaired) electrons. The molecule has 0 saturated heterocycles. The van der Waals surface area contributed by atoms with Gasteiger partial charge in [-0.15, -0.1) is 0 Å². The van der Waals surface area contributed by atoms with E-state index in [2.05, 4.69) is 16.4 Å². The molecule has 0 aliphatic carbocycles. The summed E-state index contributed by atoms with van der Waals surface area (Å²) in [5, 5.41) is 2.95. The maximum absolute atomic E-state index is 9.93. The van der Waals surface area contributed by atoms with Crippen LogP contribution in [0.2, 0.25) is 0 Å². The number of nitrogens with zero attached hydrogens (tertiary/aromatic N) is 1. The van der Waals surface area contributed by atoms with Gasteiger partial charge in [0.15, 0.2) is 0 Å². The van der Waals surface area contributed by atoms with Crippen LogP contribution in [-0.2, 0) is 4.79 Å². The first-order valence-corrected chi connectivity index (χ1v) is 4.77. The van der Waals surface area contributed by atoms with E-state index in [9.17, 15) is 4.79 Å². The molecule has 0 aromatic heterocycles. The number of carbonyl (C=O) groups excluding carboxylic acids is 1. The minimum absolute atomic E-state index is 0.410. The van der Waals surface area contributed by atoms with E-state index in [4.69, 9.17) is 0 Å². The van der Waals surface area contributed by atoms with Crippen LogP contribution in [0.3, 0.4) is 0 Å². The fourth-order valence-corrected chi connectivity index (χ4v) is 0.929. The fraction of sp³-hybridized carbons (Fsp3) is 0.600. The Bertz CT molecular complexity index is 185. The van der Waals surface area contributed by atoms with Gasteiger partial charge in [0.25, 0.3) is 0 Å². The number of nitrogens with one attached hydrogen (secondary N) is 1. The molecular weight excluding hydrogens is 164 g/mol. The predicted molar refractivity (Wildman–Crippen MR) is 56.3 cm³/mol. The Morgan fingerprint density at radius 2 is 2.38 bits per heavy atom. The van der Waals surface area contributed by atoms with Gasteiger partial charge in [-0.05, 0) is 12.5 Å². The first-order chi connectivity index (χ1) is 6.43. The predicted octanol–water partition coefficient (Wildman–Crippen LogP) is 1.20. The van der Waals surface area contributed by atoms with Crippen LogP contribution in [0.15, 0.2) is 17.1 Å². The number of rotatable bonds is 4. The molecule has 0 bridgehead atoms. The van der Waals surface area contributed by atoms with Crippen molar-refractivity contribution in [3.05, 3.63) is 12.2 Å². The third-order valence-corrected chi connectivity index (χ3v) is 1.45. The molecule has 0 aromatic rings. The maximum atomic E-state index is 9.93. The minimum Gasteiger partial charge on any atom is -0.305 e. The normalized spacial score (nSPS) is 14.2. The molecule has 0 fully saturated rings. The SMILES string of the molecule is CC.O=CCNCC1=NCCC=C1. The van der Waals surface area contributed by atoms with Gasteiger partial charge >= 0.3 is 0 Å². The summed E-state index contributed by atoms with van der Waals surface area (Å²) in [5.41, 5.74) is 1.04. The van der Waals surface area contributed by atoms with E-state index < -0.39 is 0 Å². The Kier molecular flexibility index (Phi) is 8.46. The maximum Gasteiger partial charge on any atom is 0.133 e. The van der Waals surface area contributed by atoms with Crippen molar-refractivity contribution in [2.75, 3.05) is 19.6 Å². The molecule has 1 rings (SSSR count). The second-order valence-electron chi connectivity index (χ2n) is 2.36. The fourth-order valence-electron chi connectivity index (χ4n) is 0.929. The van der Waals surface area contributed by atoms with Crippen molar-refractivity contribution >= 4 is 12.0 Å². The van der Waals surface area contributed by atoms with Crippen molar-refractivity contribution in [3.8, 4) is 0 Å². The monoisotopic (exact) mass is 182 g/mol. The largest absolute Gasteiger partial charge is 0.305 e. The van der Waals surface area contributed by atoms with Crippen LogP contribution in [0.4, 0.5) is 0 Å². The zero-order chi connectivity index (χ0) is 9.94.